The first kappa shape index (κ1) is 21.0. The van der Waals surface area contributed by atoms with E-state index in [9.17, 15) is 19.2 Å². The normalized spacial score (nSPS) is 12.6. The van der Waals surface area contributed by atoms with Crippen molar-refractivity contribution in [3.05, 3.63) is 107 Å². The monoisotopic (exact) mass is 427 g/mol. The van der Waals surface area contributed by atoms with Gasteiger partial charge in [0.2, 0.25) is 5.91 Å². The van der Waals surface area contributed by atoms with Crippen LogP contribution in [0, 0.1) is 0 Å². The third kappa shape index (κ3) is 4.41. The largest absolute Gasteiger partial charge is 0.327 e. The molecule has 3 aromatic rings. The lowest BCUT2D eigenvalue weighted by molar-refractivity contribution is -0.120. The van der Waals surface area contributed by atoms with E-state index in [1.54, 1.807) is 24.3 Å². The third-order valence-electron chi connectivity index (χ3n) is 5.23. The van der Waals surface area contributed by atoms with Gasteiger partial charge in [0, 0.05) is 13.0 Å². The van der Waals surface area contributed by atoms with E-state index in [0.717, 1.165) is 16.0 Å². The van der Waals surface area contributed by atoms with Crippen molar-refractivity contribution in [3.63, 3.8) is 0 Å². The molecule has 0 spiro atoms. The maximum Gasteiger partial charge on any atom is 0.322 e. The number of carbonyl (C=O) groups excluding carboxylic acids is 4. The second-order valence-corrected chi connectivity index (χ2v) is 7.33. The van der Waals surface area contributed by atoms with Crippen LogP contribution in [-0.2, 0) is 4.79 Å². The van der Waals surface area contributed by atoms with Gasteiger partial charge in [-0.25, -0.2) is 4.79 Å². The van der Waals surface area contributed by atoms with Crippen LogP contribution < -0.4 is 10.6 Å². The Morgan fingerprint density at radius 1 is 0.719 bits per heavy atom. The Morgan fingerprint density at radius 3 is 1.69 bits per heavy atom. The van der Waals surface area contributed by atoms with Crippen molar-refractivity contribution in [2.45, 2.75) is 12.5 Å². The minimum absolute atomic E-state index is 0.105. The predicted molar refractivity (Wildman–Crippen MR) is 118 cm³/mol. The summed E-state index contributed by atoms with van der Waals surface area (Å²) in [6, 6.07) is 24.2. The van der Waals surface area contributed by atoms with Gasteiger partial charge in [0.25, 0.3) is 11.8 Å². The smallest absolute Gasteiger partial charge is 0.322 e. The van der Waals surface area contributed by atoms with Crippen molar-refractivity contribution >= 4 is 23.8 Å². The van der Waals surface area contributed by atoms with E-state index in [4.69, 9.17) is 0 Å². The minimum Gasteiger partial charge on any atom is -0.327 e. The number of imide groups is 2. The first-order valence-electron chi connectivity index (χ1n) is 10.2. The van der Waals surface area contributed by atoms with E-state index < -0.39 is 29.8 Å². The summed E-state index contributed by atoms with van der Waals surface area (Å²) in [4.78, 5) is 50.7. The molecule has 5 amide bonds. The molecule has 3 aromatic carbocycles. The Hall–Kier alpha value is -4.26. The molecule has 0 bridgehead atoms. The van der Waals surface area contributed by atoms with Crippen molar-refractivity contribution in [1.82, 2.24) is 15.5 Å². The van der Waals surface area contributed by atoms with E-state index in [1.807, 2.05) is 60.7 Å². The fraction of sp³-hybridized carbons (Fsp3) is 0.120. The van der Waals surface area contributed by atoms with Crippen LogP contribution in [0.5, 0.6) is 0 Å². The first-order valence-corrected chi connectivity index (χ1v) is 10.2. The highest BCUT2D eigenvalue weighted by atomic mass is 16.2. The lowest BCUT2D eigenvalue weighted by atomic mass is 9.99. The lowest BCUT2D eigenvalue weighted by Crippen LogP contribution is -2.43. The van der Waals surface area contributed by atoms with Gasteiger partial charge in [0.1, 0.15) is 0 Å². The van der Waals surface area contributed by atoms with Crippen molar-refractivity contribution in [1.29, 1.82) is 0 Å². The first-order chi connectivity index (χ1) is 15.5. The van der Waals surface area contributed by atoms with E-state index in [0.29, 0.717) is 11.1 Å². The summed E-state index contributed by atoms with van der Waals surface area (Å²) in [7, 11) is 0. The molecule has 160 valence electrons. The maximum absolute atomic E-state index is 12.5. The molecule has 0 saturated heterocycles. The van der Waals surface area contributed by atoms with Crippen LogP contribution in [0.25, 0.3) is 0 Å². The van der Waals surface area contributed by atoms with Crippen molar-refractivity contribution in [2.24, 2.45) is 0 Å². The van der Waals surface area contributed by atoms with Gasteiger partial charge in [-0.15, -0.1) is 0 Å². The zero-order valence-corrected chi connectivity index (χ0v) is 17.2. The number of nitrogens with zero attached hydrogens (tertiary/aromatic N) is 1. The van der Waals surface area contributed by atoms with Crippen molar-refractivity contribution in [2.75, 3.05) is 6.54 Å². The van der Waals surface area contributed by atoms with Crippen molar-refractivity contribution in [3.8, 4) is 0 Å². The van der Waals surface area contributed by atoms with Crippen LogP contribution in [0.1, 0.15) is 44.3 Å². The Kier molecular flexibility index (Phi) is 6.07. The quantitative estimate of drug-likeness (QED) is 0.590. The van der Waals surface area contributed by atoms with E-state index in [2.05, 4.69) is 10.6 Å². The molecule has 32 heavy (non-hydrogen) atoms. The lowest BCUT2D eigenvalue weighted by Gasteiger charge is -2.20. The summed E-state index contributed by atoms with van der Waals surface area (Å²) in [6.45, 7) is -0.105. The number of hydrogen-bond acceptors (Lipinski definition) is 4. The second kappa shape index (κ2) is 9.26. The Balaban J connectivity index is 1.37. The topological polar surface area (TPSA) is 95.6 Å². The fourth-order valence-corrected chi connectivity index (χ4v) is 3.66. The molecular weight excluding hydrogens is 406 g/mol. The zero-order valence-electron chi connectivity index (χ0n) is 17.2. The van der Waals surface area contributed by atoms with Crippen LogP contribution in [0.2, 0.25) is 0 Å². The van der Waals surface area contributed by atoms with Gasteiger partial charge in [0.15, 0.2) is 0 Å². The molecule has 1 aliphatic heterocycles. The van der Waals surface area contributed by atoms with Gasteiger partial charge in [-0.3, -0.25) is 24.6 Å². The molecule has 0 saturated carbocycles. The molecule has 0 aromatic heterocycles. The minimum atomic E-state index is -0.657. The standard InChI is InChI=1S/C25H21N3O4/c29-21(15-16-28-23(30)19-13-7-8-14-20(19)24(28)31)26-25(32)27-22(17-9-3-1-4-10-17)18-11-5-2-6-12-18/h1-14,22H,15-16H2,(H2,26,27,29,32). The summed E-state index contributed by atoms with van der Waals surface area (Å²) in [5.74, 6) is -1.45. The number of carbonyl (C=O) groups is 4. The van der Waals surface area contributed by atoms with Gasteiger partial charge in [-0.2, -0.15) is 0 Å². The summed E-state index contributed by atoms with van der Waals surface area (Å²) >= 11 is 0. The Morgan fingerprint density at radius 2 is 1.19 bits per heavy atom. The average molecular weight is 427 g/mol. The molecule has 0 fully saturated rings. The number of hydrogen-bond donors (Lipinski definition) is 2. The van der Waals surface area contributed by atoms with E-state index in [1.165, 1.54) is 0 Å². The molecule has 0 aliphatic carbocycles. The van der Waals surface area contributed by atoms with Crippen molar-refractivity contribution < 1.29 is 19.2 Å². The molecule has 0 radical (unpaired) electrons. The predicted octanol–water partition coefficient (Wildman–Crippen LogP) is 3.29. The van der Waals surface area contributed by atoms with Crippen LogP contribution >= 0.6 is 0 Å². The number of rotatable bonds is 6. The molecule has 0 atom stereocenters. The molecule has 1 aliphatic rings. The zero-order chi connectivity index (χ0) is 22.5. The number of urea groups is 1. The summed E-state index contributed by atoms with van der Waals surface area (Å²) in [5.41, 5.74) is 2.38. The average Bonchev–Trinajstić information content (AvgIpc) is 3.07. The Bertz CT molecular complexity index is 1090. The Labute approximate surface area is 185 Å². The molecule has 7 nitrogen and oxygen atoms in total. The molecule has 2 N–H and O–H groups in total. The van der Waals surface area contributed by atoms with E-state index in [-0.39, 0.29) is 13.0 Å². The molecule has 4 rings (SSSR count). The van der Waals surface area contributed by atoms with Crippen LogP contribution in [0.4, 0.5) is 4.79 Å². The van der Waals surface area contributed by atoms with Gasteiger partial charge >= 0.3 is 6.03 Å². The summed E-state index contributed by atoms with van der Waals surface area (Å²) in [5, 5.41) is 5.11. The van der Waals surface area contributed by atoms with Gasteiger partial charge in [-0.05, 0) is 23.3 Å². The number of nitrogens with one attached hydrogen (secondary N) is 2. The summed E-state index contributed by atoms with van der Waals surface area (Å²) in [6.07, 6.45) is -0.180. The molecule has 0 unspecified atom stereocenters. The van der Waals surface area contributed by atoms with Crippen LogP contribution in [0.15, 0.2) is 84.9 Å². The molecule has 7 heteroatoms. The number of benzene rings is 3. The van der Waals surface area contributed by atoms with E-state index >= 15 is 0 Å². The number of fused-ring (bicyclic) bond motifs is 1. The summed E-state index contributed by atoms with van der Waals surface area (Å²) < 4.78 is 0. The molecule has 1 heterocycles. The van der Waals surface area contributed by atoms with Gasteiger partial charge in [-0.1, -0.05) is 72.8 Å². The second-order valence-electron chi connectivity index (χ2n) is 7.33. The van der Waals surface area contributed by atoms with Gasteiger partial charge < -0.3 is 5.32 Å². The fourth-order valence-electron chi connectivity index (χ4n) is 3.66. The highest BCUT2D eigenvalue weighted by Gasteiger charge is 2.35. The van der Waals surface area contributed by atoms with Crippen LogP contribution in [-0.4, -0.2) is 35.2 Å². The number of amides is 5. The molecular formula is C25H21N3O4. The van der Waals surface area contributed by atoms with Crippen LogP contribution in [0.3, 0.4) is 0 Å². The third-order valence-corrected chi connectivity index (χ3v) is 5.23. The SMILES string of the molecule is O=C(CCN1C(=O)c2ccccc2C1=O)NC(=O)NC(c1ccccc1)c1ccccc1. The maximum atomic E-state index is 12.5. The highest BCUT2D eigenvalue weighted by Crippen LogP contribution is 2.23. The highest BCUT2D eigenvalue weighted by molar-refractivity contribution is 6.21. The van der Waals surface area contributed by atoms with Gasteiger partial charge in [0.05, 0.1) is 17.2 Å².